The predicted molar refractivity (Wildman–Crippen MR) is 125 cm³/mol. The van der Waals surface area contributed by atoms with Gasteiger partial charge in [-0.15, -0.1) is 8.78 Å². The van der Waals surface area contributed by atoms with Crippen molar-refractivity contribution in [2.75, 3.05) is 5.32 Å². The van der Waals surface area contributed by atoms with Gasteiger partial charge in [0.2, 0.25) is 0 Å². The number of carbonyl (C=O) groups is 1. The molecule has 0 spiro atoms. The zero-order chi connectivity index (χ0) is 24.7. The molecule has 2 N–H and O–H groups in total. The highest BCUT2D eigenvalue weighted by molar-refractivity contribution is 6.20. The number of ether oxygens (including phenoxy) is 1. The Bertz CT molecular complexity index is 1390. The summed E-state index contributed by atoms with van der Waals surface area (Å²) in [7, 11) is 0. The Morgan fingerprint density at radius 2 is 1.91 bits per heavy atom. The molecule has 35 heavy (non-hydrogen) atoms. The third-order valence-corrected chi connectivity index (χ3v) is 5.97. The summed E-state index contributed by atoms with van der Waals surface area (Å²) in [6.07, 6.45) is 5.43. The van der Waals surface area contributed by atoms with Gasteiger partial charge in [0.05, 0.1) is 11.0 Å². The number of nitrogens with zero attached hydrogens (tertiary/aromatic N) is 4. The number of amides is 1. The first-order chi connectivity index (χ1) is 16.7. The summed E-state index contributed by atoms with van der Waals surface area (Å²) >= 11 is 4.78. The van der Waals surface area contributed by atoms with Crippen LogP contribution in [0.1, 0.15) is 48.1 Å². The van der Waals surface area contributed by atoms with Gasteiger partial charge >= 0.3 is 5.57 Å². The van der Waals surface area contributed by atoms with Crippen molar-refractivity contribution >= 4 is 34.2 Å². The molecular formula is C24H20ClF2N5O3. The number of carbonyl (C=O) groups excluding carboxylic acids is 1. The first-order valence-corrected chi connectivity index (χ1v) is 11.2. The van der Waals surface area contributed by atoms with Gasteiger partial charge in [-0.05, 0) is 56.2 Å². The molecule has 1 aliphatic rings. The van der Waals surface area contributed by atoms with Crippen LogP contribution in [0.15, 0.2) is 55.1 Å². The Kier molecular flexibility index (Phi) is 5.86. The third-order valence-electron chi connectivity index (χ3n) is 5.89. The van der Waals surface area contributed by atoms with E-state index in [1.165, 1.54) is 30.6 Å². The van der Waals surface area contributed by atoms with E-state index in [9.17, 15) is 18.7 Å². The second kappa shape index (κ2) is 8.86. The van der Waals surface area contributed by atoms with Crippen LogP contribution in [0.3, 0.4) is 0 Å². The fourth-order valence-electron chi connectivity index (χ4n) is 4.32. The number of aliphatic hydroxyl groups excluding tert-OH is 1. The minimum Gasteiger partial charge on any atom is -0.420 e. The summed E-state index contributed by atoms with van der Waals surface area (Å²) in [5.74, 6) is -0.0194. The Balaban J connectivity index is 1.54. The number of hydrogen-bond acceptors (Lipinski definition) is 6. The van der Waals surface area contributed by atoms with Crippen LogP contribution in [0.4, 0.5) is 14.5 Å². The average Bonchev–Trinajstić information content (AvgIpc) is 3.23. The molecule has 1 amide bonds. The van der Waals surface area contributed by atoms with Gasteiger partial charge in [-0.2, -0.15) is 0 Å². The second-order valence-electron chi connectivity index (χ2n) is 8.33. The van der Waals surface area contributed by atoms with Crippen LogP contribution in [0.5, 0.6) is 5.75 Å². The van der Waals surface area contributed by atoms with E-state index in [2.05, 4.69) is 31.9 Å². The Hall–Kier alpha value is -3.63. The van der Waals surface area contributed by atoms with Crippen LogP contribution in [0.25, 0.3) is 22.2 Å². The highest BCUT2D eigenvalue weighted by atomic mass is 35.5. The van der Waals surface area contributed by atoms with Crippen molar-refractivity contribution in [1.82, 2.24) is 19.5 Å². The van der Waals surface area contributed by atoms with E-state index in [1.54, 1.807) is 24.5 Å². The van der Waals surface area contributed by atoms with Crippen molar-refractivity contribution in [2.45, 2.75) is 37.5 Å². The largest absolute Gasteiger partial charge is 0.487 e. The van der Waals surface area contributed by atoms with Crippen LogP contribution in [0.2, 0.25) is 0 Å². The topological polar surface area (TPSA) is 102 Å². The molecule has 1 aliphatic heterocycles. The van der Waals surface area contributed by atoms with E-state index in [0.717, 1.165) is 11.9 Å². The van der Waals surface area contributed by atoms with Gasteiger partial charge in [0.25, 0.3) is 5.91 Å². The molecular weight excluding hydrogens is 480 g/mol. The Morgan fingerprint density at radius 3 is 2.60 bits per heavy atom. The van der Waals surface area contributed by atoms with Gasteiger partial charge in [0.15, 0.2) is 0 Å². The first-order valence-electron chi connectivity index (χ1n) is 10.9. The minimum absolute atomic E-state index is 0.113. The SMILES string of the molecule is C[C@@H]1CC[C@@H](O)c2nc3cc(C(=O)Nc4ccc(OC(F)(F)Cl)cc4)cc(-c4cncnc4)c3n21. The maximum absolute atomic E-state index is 13.1. The lowest BCUT2D eigenvalue weighted by atomic mass is 10.0. The number of benzene rings is 2. The number of imidazole rings is 1. The van der Waals surface area contributed by atoms with Gasteiger partial charge in [0.1, 0.15) is 24.0 Å². The van der Waals surface area contributed by atoms with Gasteiger partial charge in [0, 0.05) is 52.4 Å². The molecule has 0 fully saturated rings. The number of aromatic nitrogens is 4. The zero-order valence-electron chi connectivity index (χ0n) is 18.5. The standard InChI is InChI=1S/C24H20ClF2N5O3/c1-13-2-7-20(33)22-31-19-9-14(8-18(21(19)32(13)22)15-10-28-12-29-11-15)23(34)30-16-3-5-17(6-4-16)35-24(25,26)27/h3-6,8-13,20,33H,2,7H2,1H3,(H,30,34)/t13-,20-/m1/s1. The van der Waals surface area contributed by atoms with Crippen molar-refractivity contribution in [3.63, 3.8) is 0 Å². The Labute approximate surface area is 203 Å². The molecule has 11 heteroatoms. The normalized spacial score (nSPS) is 17.7. The number of nitrogens with one attached hydrogen (secondary N) is 1. The molecule has 0 bridgehead atoms. The van der Waals surface area contributed by atoms with Crippen molar-refractivity contribution in [3.05, 3.63) is 66.5 Å². The number of fused-ring (bicyclic) bond motifs is 3. The van der Waals surface area contributed by atoms with Crippen LogP contribution in [-0.2, 0) is 0 Å². The van der Waals surface area contributed by atoms with Crippen LogP contribution >= 0.6 is 11.6 Å². The molecule has 0 aliphatic carbocycles. The molecule has 180 valence electrons. The quantitative estimate of drug-likeness (QED) is 0.361. The van der Waals surface area contributed by atoms with Crippen LogP contribution in [0, 0.1) is 0 Å². The number of alkyl halides is 3. The molecule has 2 aromatic heterocycles. The van der Waals surface area contributed by atoms with Crippen molar-refractivity contribution in [1.29, 1.82) is 0 Å². The van der Waals surface area contributed by atoms with Crippen molar-refractivity contribution in [2.24, 2.45) is 0 Å². The average molecular weight is 500 g/mol. The molecule has 8 nitrogen and oxygen atoms in total. The molecule has 0 saturated heterocycles. The lowest BCUT2D eigenvalue weighted by molar-refractivity contribution is -0.0964. The first kappa shape index (κ1) is 23.1. The molecule has 2 aromatic carbocycles. The summed E-state index contributed by atoms with van der Waals surface area (Å²) in [6.45, 7) is 2.07. The van der Waals surface area contributed by atoms with E-state index >= 15 is 0 Å². The lowest BCUT2D eigenvalue weighted by Crippen LogP contribution is -2.19. The maximum Gasteiger partial charge on any atom is 0.487 e. The molecule has 3 heterocycles. The molecule has 4 aromatic rings. The molecule has 2 atom stereocenters. The summed E-state index contributed by atoms with van der Waals surface area (Å²) in [6, 6.07) is 8.89. The summed E-state index contributed by atoms with van der Waals surface area (Å²) in [5, 5.41) is 13.3. The Morgan fingerprint density at radius 1 is 1.20 bits per heavy atom. The third kappa shape index (κ3) is 4.67. The van der Waals surface area contributed by atoms with Crippen LogP contribution < -0.4 is 10.1 Å². The predicted octanol–water partition coefficient (Wildman–Crippen LogP) is 5.30. The fourth-order valence-corrected chi connectivity index (χ4v) is 4.41. The molecule has 5 rings (SSSR count). The second-order valence-corrected chi connectivity index (χ2v) is 8.77. The monoisotopic (exact) mass is 499 g/mol. The highest BCUT2D eigenvalue weighted by Crippen LogP contribution is 2.39. The van der Waals surface area contributed by atoms with E-state index in [-0.39, 0.29) is 11.8 Å². The lowest BCUT2D eigenvalue weighted by Gasteiger charge is -2.26. The van der Waals surface area contributed by atoms with E-state index in [0.29, 0.717) is 40.1 Å². The fraction of sp³-hybridized carbons (Fsp3) is 0.250. The zero-order valence-corrected chi connectivity index (χ0v) is 19.2. The van der Waals surface area contributed by atoms with Gasteiger partial charge in [-0.1, -0.05) is 0 Å². The molecule has 0 unspecified atom stereocenters. The van der Waals surface area contributed by atoms with Crippen molar-refractivity contribution < 1.29 is 23.4 Å². The van der Waals surface area contributed by atoms with E-state index < -0.39 is 17.6 Å². The van der Waals surface area contributed by atoms with E-state index in [1.807, 2.05) is 4.57 Å². The summed E-state index contributed by atoms with van der Waals surface area (Å²) in [4.78, 5) is 26.0. The summed E-state index contributed by atoms with van der Waals surface area (Å²) < 4.78 is 31.9. The van der Waals surface area contributed by atoms with Crippen molar-refractivity contribution in [3.8, 4) is 16.9 Å². The minimum atomic E-state index is -3.83. The van der Waals surface area contributed by atoms with E-state index in [4.69, 9.17) is 11.6 Å². The summed E-state index contributed by atoms with van der Waals surface area (Å²) in [5.41, 5.74) is -0.369. The molecule has 0 radical (unpaired) electrons. The molecule has 0 saturated carbocycles. The number of aliphatic hydroxyl groups is 1. The van der Waals surface area contributed by atoms with Gasteiger partial charge in [-0.3, -0.25) is 4.79 Å². The van der Waals surface area contributed by atoms with Gasteiger partial charge in [-0.25, -0.2) is 15.0 Å². The maximum atomic E-state index is 13.1. The highest BCUT2D eigenvalue weighted by Gasteiger charge is 2.29. The van der Waals surface area contributed by atoms with Gasteiger partial charge < -0.3 is 19.7 Å². The number of anilines is 1. The van der Waals surface area contributed by atoms with Crippen LogP contribution in [-0.4, -0.2) is 36.1 Å². The number of rotatable bonds is 5. The number of halogens is 3. The smallest absolute Gasteiger partial charge is 0.420 e. The number of hydrogen-bond donors (Lipinski definition) is 2.